The Kier molecular flexibility index (Phi) is 6.03. The van der Waals surface area contributed by atoms with E-state index in [-0.39, 0.29) is 24.9 Å². The molecule has 0 aromatic carbocycles. The van der Waals surface area contributed by atoms with Crippen LogP contribution in [0.2, 0.25) is 0 Å². The Balaban J connectivity index is 4.16. The number of carbonyl (C=O) groups excluding carboxylic acids is 2. The van der Waals surface area contributed by atoms with Gasteiger partial charge >= 0.3 is 0 Å². The van der Waals surface area contributed by atoms with Crippen molar-refractivity contribution in [1.82, 2.24) is 10.2 Å². The van der Waals surface area contributed by atoms with E-state index < -0.39 is 5.41 Å². The van der Waals surface area contributed by atoms with E-state index in [0.717, 1.165) is 0 Å². The second-order valence-electron chi connectivity index (χ2n) is 4.34. The fraction of sp³-hybridized carbons (Fsp3) is 0.818. The third kappa shape index (κ3) is 4.18. The van der Waals surface area contributed by atoms with Gasteiger partial charge < -0.3 is 16.0 Å². The number of rotatable bonds is 6. The molecule has 0 bridgehead atoms. The first-order valence-corrected chi connectivity index (χ1v) is 5.65. The van der Waals surface area contributed by atoms with Crippen LogP contribution in [0.1, 0.15) is 27.7 Å². The molecule has 0 radical (unpaired) electrons. The predicted molar refractivity (Wildman–Crippen MR) is 63.8 cm³/mol. The van der Waals surface area contributed by atoms with Crippen molar-refractivity contribution < 1.29 is 9.59 Å². The molecule has 16 heavy (non-hydrogen) atoms. The number of hydrogen-bond acceptors (Lipinski definition) is 3. The van der Waals surface area contributed by atoms with Gasteiger partial charge in [0.05, 0.1) is 12.0 Å². The molecule has 0 unspecified atom stereocenters. The van der Waals surface area contributed by atoms with Crippen molar-refractivity contribution in [2.75, 3.05) is 26.2 Å². The van der Waals surface area contributed by atoms with Crippen molar-refractivity contribution in [3.05, 3.63) is 0 Å². The largest absolute Gasteiger partial charge is 0.347 e. The topological polar surface area (TPSA) is 75.4 Å². The molecular weight excluding hydrogens is 206 g/mol. The fourth-order valence-electron chi connectivity index (χ4n) is 1.18. The number of nitrogens with zero attached hydrogens (tertiary/aromatic N) is 1. The summed E-state index contributed by atoms with van der Waals surface area (Å²) in [6, 6.07) is 0. The maximum absolute atomic E-state index is 11.6. The summed E-state index contributed by atoms with van der Waals surface area (Å²) in [4.78, 5) is 24.9. The Morgan fingerprint density at radius 2 is 1.75 bits per heavy atom. The molecule has 0 atom stereocenters. The van der Waals surface area contributed by atoms with Crippen LogP contribution in [0, 0.1) is 5.41 Å². The molecule has 0 rings (SSSR count). The molecule has 0 saturated heterocycles. The van der Waals surface area contributed by atoms with E-state index in [1.54, 1.807) is 18.7 Å². The number of likely N-dealkylation sites (N-methyl/N-ethyl adjacent to an activating group) is 1. The van der Waals surface area contributed by atoms with Gasteiger partial charge in [0.1, 0.15) is 0 Å². The molecule has 3 N–H and O–H groups in total. The molecule has 0 aromatic rings. The van der Waals surface area contributed by atoms with Gasteiger partial charge in [-0.15, -0.1) is 0 Å². The van der Waals surface area contributed by atoms with Crippen LogP contribution in [0.25, 0.3) is 0 Å². The molecule has 0 fully saturated rings. The molecule has 0 heterocycles. The number of amides is 2. The van der Waals surface area contributed by atoms with Crippen LogP contribution < -0.4 is 11.1 Å². The summed E-state index contributed by atoms with van der Waals surface area (Å²) in [6.07, 6.45) is 0. The lowest BCUT2D eigenvalue weighted by Gasteiger charge is -2.23. The van der Waals surface area contributed by atoms with Gasteiger partial charge in [-0.05, 0) is 27.7 Å². The molecule has 0 aromatic heterocycles. The quantitative estimate of drug-likeness (QED) is 0.671. The lowest BCUT2D eigenvalue weighted by molar-refractivity contribution is -0.135. The highest BCUT2D eigenvalue weighted by atomic mass is 16.2. The zero-order valence-corrected chi connectivity index (χ0v) is 10.7. The first-order chi connectivity index (χ1) is 7.38. The molecule has 0 saturated carbocycles. The van der Waals surface area contributed by atoms with E-state index in [4.69, 9.17) is 5.73 Å². The Hall–Kier alpha value is -1.10. The van der Waals surface area contributed by atoms with E-state index in [2.05, 4.69) is 5.32 Å². The molecule has 5 nitrogen and oxygen atoms in total. The van der Waals surface area contributed by atoms with Crippen molar-refractivity contribution in [3.63, 3.8) is 0 Å². The van der Waals surface area contributed by atoms with Gasteiger partial charge in [-0.3, -0.25) is 9.59 Å². The summed E-state index contributed by atoms with van der Waals surface area (Å²) in [7, 11) is 0. The molecule has 2 amide bonds. The molecule has 94 valence electrons. The van der Waals surface area contributed by atoms with Crippen LogP contribution >= 0.6 is 0 Å². The average Bonchev–Trinajstić information content (AvgIpc) is 2.27. The average molecular weight is 229 g/mol. The van der Waals surface area contributed by atoms with Crippen molar-refractivity contribution >= 4 is 11.8 Å². The molecule has 0 aliphatic heterocycles. The molecule has 0 spiro atoms. The minimum atomic E-state index is -0.621. The van der Waals surface area contributed by atoms with Crippen molar-refractivity contribution in [2.24, 2.45) is 11.1 Å². The first-order valence-electron chi connectivity index (χ1n) is 5.65. The summed E-state index contributed by atoms with van der Waals surface area (Å²) in [6.45, 7) is 8.95. The number of hydrogen-bond donors (Lipinski definition) is 2. The minimum absolute atomic E-state index is 0.0456. The molecule has 0 aliphatic carbocycles. The SMILES string of the molecule is CCN(CC)C(=O)CNC(=O)C(C)(C)CN. The van der Waals surface area contributed by atoms with E-state index in [1.807, 2.05) is 13.8 Å². The second kappa shape index (κ2) is 6.48. The zero-order valence-electron chi connectivity index (χ0n) is 10.7. The van der Waals surface area contributed by atoms with Crippen LogP contribution in [0.15, 0.2) is 0 Å². The normalized spacial score (nSPS) is 11.1. The van der Waals surface area contributed by atoms with E-state index in [0.29, 0.717) is 13.1 Å². The van der Waals surface area contributed by atoms with Crippen LogP contribution in [-0.2, 0) is 9.59 Å². The molecular formula is C11H23N3O2. The number of nitrogens with two attached hydrogens (primary N) is 1. The highest BCUT2D eigenvalue weighted by Crippen LogP contribution is 2.11. The van der Waals surface area contributed by atoms with Gasteiger partial charge in [0, 0.05) is 19.6 Å². The lowest BCUT2D eigenvalue weighted by Crippen LogP contribution is -2.46. The summed E-state index contributed by atoms with van der Waals surface area (Å²) in [5, 5.41) is 2.61. The zero-order chi connectivity index (χ0) is 12.8. The second-order valence-corrected chi connectivity index (χ2v) is 4.34. The third-order valence-electron chi connectivity index (χ3n) is 2.64. The summed E-state index contributed by atoms with van der Waals surface area (Å²) < 4.78 is 0. The van der Waals surface area contributed by atoms with Crippen molar-refractivity contribution in [3.8, 4) is 0 Å². The first kappa shape index (κ1) is 14.9. The minimum Gasteiger partial charge on any atom is -0.347 e. The predicted octanol–water partition coefficient (Wildman–Crippen LogP) is -0.0441. The molecule has 0 aliphatic rings. The van der Waals surface area contributed by atoms with Gasteiger partial charge in [-0.2, -0.15) is 0 Å². The Morgan fingerprint density at radius 1 is 1.25 bits per heavy atom. The van der Waals surface area contributed by atoms with Gasteiger partial charge in [-0.25, -0.2) is 0 Å². The van der Waals surface area contributed by atoms with Crippen LogP contribution in [0.3, 0.4) is 0 Å². The van der Waals surface area contributed by atoms with Gasteiger partial charge in [0.2, 0.25) is 11.8 Å². The van der Waals surface area contributed by atoms with Crippen LogP contribution in [0.4, 0.5) is 0 Å². The van der Waals surface area contributed by atoms with Gasteiger partial charge in [-0.1, -0.05) is 0 Å². The molecule has 5 heteroatoms. The summed E-state index contributed by atoms with van der Waals surface area (Å²) in [5.41, 5.74) is 4.85. The maximum Gasteiger partial charge on any atom is 0.241 e. The fourth-order valence-corrected chi connectivity index (χ4v) is 1.18. The smallest absolute Gasteiger partial charge is 0.241 e. The number of carbonyl (C=O) groups is 2. The number of nitrogens with one attached hydrogen (secondary N) is 1. The highest BCUT2D eigenvalue weighted by molar-refractivity contribution is 5.87. The third-order valence-corrected chi connectivity index (χ3v) is 2.64. The van der Waals surface area contributed by atoms with Crippen LogP contribution in [-0.4, -0.2) is 42.9 Å². The standard InChI is InChI=1S/C11H23N3O2/c1-5-14(6-2)9(15)7-13-10(16)11(3,4)8-12/h5-8,12H2,1-4H3,(H,13,16). The maximum atomic E-state index is 11.6. The Labute approximate surface area is 97.4 Å². The van der Waals surface area contributed by atoms with Crippen LogP contribution in [0.5, 0.6) is 0 Å². The van der Waals surface area contributed by atoms with Crippen molar-refractivity contribution in [1.29, 1.82) is 0 Å². The summed E-state index contributed by atoms with van der Waals surface area (Å²) >= 11 is 0. The highest BCUT2D eigenvalue weighted by Gasteiger charge is 2.26. The lowest BCUT2D eigenvalue weighted by atomic mass is 9.93. The van der Waals surface area contributed by atoms with E-state index >= 15 is 0 Å². The van der Waals surface area contributed by atoms with E-state index in [9.17, 15) is 9.59 Å². The van der Waals surface area contributed by atoms with Crippen molar-refractivity contribution in [2.45, 2.75) is 27.7 Å². The van der Waals surface area contributed by atoms with Gasteiger partial charge in [0.15, 0.2) is 0 Å². The Morgan fingerprint density at radius 3 is 2.12 bits per heavy atom. The summed E-state index contributed by atoms with van der Waals surface area (Å²) in [5.74, 6) is -0.248. The monoisotopic (exact) mass is 229 g/mol. The van der Waals surface area contributed by atoms with E-state index in [1.165, 1.54) is 0 Å². The van der Waals surface area contributed by atoms with Gasteiger partial charge in [0.25, 0.3) is 0 Å². The Bertz CT molecular complexity index is 248.